The normalized spacial score (nSPS) is 25.8. The summed E-state index contributed by atoms with van der Waals surface area (Å²) in [4.78, 5) is 5.94. The summed E-state index contributed by atoms with van der Waals surface area (Å²) in [6.07, 6.45) is -8.61. The maximum atomic E-state index is 14.3. The molecule has 0 radical (unpaired) electrons. The highest BCUT2D eigenvalue weighted by molar-refractivity contribution is 5.92. The van der Waals surface area contributed by atoms with Crippen LogP contribution in [0.3, 0.4) is 0 Å². The molecule has 33 heavy (non-hydrogen) atoms. The molecule has 3 heterocycles. The van der Waals surface area contributed by atoms with E-state index < -0.39 is 42.1 Å². The standard InChI is InChI=1S/C20H24F5N7O/c1-30-15-8-32(7-13(15)29-19(30)18(27)31(2)28)14-6-12(26)16(33-17(14)20(23,24)25)10-5-9(21)3-4-11(10)22/h3-5,12,14,16-17,27H,6-8,26,28H2,1-2H3/t12?,14?,16-,17?/m1/s1. The molecule has 8 nitrogen and oxygen atoms in total. The van der Waals surface area contributed by atoms with E-state index in [1.807, 2.05) is 0 Å². The van der Waals surface area contributed by atoms with Gasteiger partial charge in [-0.25, -0.2) is 19.6 Å². The van der Waals surface area contributed by atoms with Crippen LogP contribution in [0.15, 0.2) is 18.2 Å². The lowest BCUT2D eigenvalue weighted by molar-refractivity contribution is -0.269. The van der Waals surface area contributed by atoms with Crippen LogP contribution in [-0.2, 0) is 24.9 Å². The van der Waals surface area contributed by atoms with Crippen molar-refractivity contribution in [2.45, 2.75) is 50.0 Å². The lowest BCUT2D eigenvalue weighted by Gasteiger charge is -2.44. The molecule has 4 atom stereocenters. The fourth-order valence-electron chi connectivity index (χ4n) is 4.51. The second-order valence-electron chi connectivity index (χ2n) is 8.40. The molecule has 2 aromatic rings. The first-order valence-electron chi connectivity index (χ1n) is 10.2. The fraction of sp³-hybridized carbons (Fsp3) is 0.500. The number of ether oxygens (including phenoxy) is 1. The molecule has 0 spiro atoms. The fourth-order valence-corrected chi connectivity index (χ4v) is 4.51. The first-order valence-corrected chi connectivity index (χ1v) is 10.2. The Balaban J connectivity index is 1.60. The molecule has 13 heteroatoms. The Hall–Kier alpha value is -2.61. The molecule has 2 aliphatic heterocycles. The topological polar surface area (TPSA) is 109 Å². The van der Waals surface area contributed by atoms with Gasteiger partial charge in [-0.3, -0.25) is 15.3 Å². The van der Waals surface area contributed by atoms with Gasteiger partial charge in [0.25, 0.3) is 0 Å². The molecule has 0 aliphatic carbocycles. The largest absolute Gasteiger partial charge is 0.416 e. The highest BCUT2D eigenvalue weighted by atomic mass is 19.4. The first kappa shape index (κ1) is 23.5. The third-order valence-electron chi connectivity index (χ3n) is 6.17. The number of imidazole rings is 1. The van der Waals surface area contributed by atoms with E-state index in [0.29, 0.717) is 17.2 Å². The van der Waals surface area contributed by atoms with Crippen LogP contribution >= 0.6 is 0 Å². The third-order valence-corrected chi connectivity index (χ3v) is 6.17. The molecule has 1 aromatic heterocycles. The molecule has 3 unspecified atom stereocenters. The van der Waals surface area contributed by atoms with Gasteiger partial charge in [0.05, 0.1) is 11.4 Å². The Morgan fingerprint density at radius 2 is 1.97 bits per heavy atom. The van der Waals surface area contributed by atoms with E-state index in [4.69, 9.17) is 21.7 Å². The lowest BCUT2D eigenvalue weighted by atomic mass is 9.89. The van der Waals surface area contributed by atoms with Gasteiger partial charge in [-0.2, -0.15) is 13.2 Å². The summed E-state index contributed by atoms with van der Waals surface area (Å²) in [6.45, 7) is 0.226. The average Bonchev–Trinajstić information content (AvgIpc) is 3.27. The van der Waals surface area contributed by atoms with Gasteiger partial charge in [-0.1, -0.05) is 0 Å². The number of nitrogens with two attached hydrogens (primary N) is 2. The van der Waals surface area contributed by atoms with E-state index in [2.05, 4.69) is 4.98 Å². The van der Waals surface area contributed by atoms with E-state index in [9.17, 15) is 22.0 Å². The van der Waals surface area contributed by atoms with Gasteiger partial charge in [-0.05, 0) is 24.6 Å². The highest BCUT2D eigenvalue weighted by Crippen LogP contribution is 2.42. The summed E-state index contributed by atoms with van der Waals surface area (Å²) in [5.74, 6) is 4.20. The van der Waals surface area contributed by atoms with Crippen molar-refractivity contribution >= 4 is 5.84 Å². The van der Waals surface area contributed by atoms with Crippen molar-refractivity contribution in [2.75, 3.05) is 7.05 Å². The highest BCUT2D eigenvalue weighted by Gasteiger charge is 2.54. The van der Waals surface area contributed by atoms with E-state index in [1.165, 1.54) is 7.05 Å². The number of fused-ring (bicyclic) bond motifs is 1. The van der Waals surface area contributed by atoms with E-state index in [0.717, 1.165) is 23.2 Å². The molecular formula is C20H24F5N7O. The molecule has 1 aromatic carbocycles. The van der Waals surface area contributed by atoms with Crippen molar-refractivity contribution in [3.05, 3.63) is 52.6 Å². The van der Waals surface area contributed by atoms with Crippen LogP contribution < -0.4 is 11.6 Å². The molecule has 1 saturated heterocycles. The number of hydrogen-bond acceptors (Lipinski definition) is 6. The van der Waals surface area contributed by atoms with Crippen molar-refractivity contribution in [1.29, 1.82) is 5.41 Å². The number of benzene rings is 1. The Bertz CT molecular complexity index is 1070. The van der Waals surface area contributed by atoms with Crippen LogP contribution in [0, 0.1) is 17.0 Å². The maximum Gasteiger partial charge on any atom is 0.416 e. The molecule has 0 saturated carbocycles. The minimum Gasteiger partial charge on any atom is -0.357 e. The predicted molar refractivity (Wildman–Crippen MR) is 108 cm³/mol. The molecule has 0 bridgehead atoms. The van der Waals surface area contributed by atoms with E-state index in [-0.39, 0.29) is 30.9 Å². The summed E-state index contributed by atoms with van der Waals surface area (Å²) in [6, 6.07) is 0.390. The maximum absolute atomic E-state index is 14.3. The number of nitrogens with one attached hydrogen (secondary N) is 1. The zero-order valence-corrected chi connectivity index (χ0v) is 17.9. The number of nitrogens with zero attached hydrogens (tertiary/aromatic N) is 4. The first-order chi connectivity index (χ1) is 15.4. The molecule has 4 rings (SSSR count). The molecular weight excluding hydrogens is 449 g/mol. The number of alkyl halides is 3. The van der Waals surface area contributed by atoms with E-state index in [1.54, 1.807) is 16.5 Å². The summed E-state index contributed by atoms with van der Waals surface area (Å²) in [5.41, 5.74) is 6.98. The molecule has 0 amide bonds. The number of rotatable bonds is 3. The lowest BCUT2D eigenvalue weighted by Crippen LogP contribution is -2.58. The van der Waals surface area contributed by atoms with E-state index >= 15 is 0 Å². The second kappa shape index (κ2) is 8.31. The van der Waals surface area contributed by atoms with Gasteiger partial charge in [-0.15, -0.1) is 0 Å². The minimum atomic E-state index is -4.76. The Labute approximate surface area is 186 Å². The summed E-state index contributed by atoms with van der Waals surface area (Å²) in [5, 5.41) is 9.11. The van der Waals surface area contributed by atoms with Gasteiger partial charge in [0.1, 0.15) is 17.7 Å². The van der Waals surface area contributed by atoms with Crippen molar-refractivity contribution in [1.82, 2.24) is 19.5 Å². The number of amidine groups is 1. The predicted octanol–water partition coefficient (Wildman–Crippen LogP) is 1.93. The van der Waals surface area contributed by atoms with Crippen LogP contribution in [-0.4, -0.2) is 56.7 Å². The van der Waals surface area contributed by atoms with Gasteiger partial charge in [0.15, 0.2) is 17.8 Å². The molecule has 5 N–H and O–H groups in total. The quantitative estimate of drug-likeness (QED) is 0.207. The average molecular weight is 473 g/mol. The van der Waals surface area contributed by atoms with Gasteiger partial charge in [0.2, 0.25) is 0 Å². The molecule has 2 aliphatic rings. The molecule has 180 valence electrons. The molecule has 1 fully saturated rings. The zero-order valence-electron chi connectivity index (χ0n) is 17.9. The van der Waals surface area contributed by atoms with Gasteiger partial charge in [0, 0.05) is 44.8 Å². The number of hydrogen-bond donors (Lipinski definition) is 3. The van der Waals surface area contributed by atoms with Crippen molar-refractivity contribution in [3.63, 3.8) is 0 Å². The summed E-state index contributed by atoms with van der Waals surface area (Å²) < 4.78 is 76.9. The van der Waals surface area contributed by atoms with Gasteiger partial charge < -0.3 is 15.0 Å². The summed E-state index contributed by atoms with van der Waals surface area (Å²) >= 11 is 0. The smallest absolute Gasteiger partial charge is 0.357 e. The zero-order chi connectivity index (χ0) is 24.2. The SMILES string of the molecule is CN(N)C(=N)c1nc2c(n1C)CN(C1CC(N)[C@@H](c3cc(F)ccc3F)OC1C(F)(F)F)C2. The minimum absolute atomic E-state index is 0.0328. The van der Waals surface area contributed by atoms with Crippen LogP contribution in [0.25, 0.3) is 0 Å². The van der Waals surface area contributed by atoms with Crippen molar-refractivity contribution in [2.24, 2.45) is 18.6 Å². The second-order valence-corrected chi connectivity index (χ2v) is 8.40. The summed E-state index contributed by atoms with van der Waals surface area (Å²) in [7, 11) is 3.15. The Kier molecular flexibility index (Phi) is 5.93. The van der Waals surface area contributed by atoms with Crippen LogP contribution in [0.4, 0.5) is 22.0 Å². The Morgan fingerprint density at radius 1 is 1.27 bits per heavy atom. The Morgan fingerprint density at radius 3 is 2.58 bits per heavy atom. The van der Waals surface area contributed by atoms with Crippen LogP contribution in [0.5, 0.6) is 0 Å². The van der Waals surface area contributed by atoms with Crippen molar-refractivity contribution < 1.29 is 26.7 Å². The number of halogens is 5. The van der Waals surface area contributed by atoms with Crippen molar-refractivity contribution in [3.8, 4) is 0 Å². The van der Waals surface area contributed by atoms with Crippen LogP contribution in [0.2, 0.25) is 0 Å². The number of aromatic nitrogens is 2. The monoisotopic (exact) mass is 473 g/mol. The third kappa shape index (κ3) is 4.21. The van der Waals surface area contributed by atoms with Gasteiger partial charge >= 0.3 is 6.18 Å². The number of hydrazine groups is 1. The van der Waals surface area contributed by atoms with Crippen LogP contribution in [0.1, 0.15) is 35.3 Å².